The fourth-order valence-corrected chi connectivity index (χ4v) is 2.27. The summed E-state index contributed by atoms with van der Waals surface area (Å²) in [4.78, 5) is 1.99. The fraction of sp³-hybridized carbons (Fsp3) is 0.600. The molecule has 0 saturated carbocycles. The van der Waals surface area contributed by atoms with E-state index >= 15 is 0 Å². The number of halogens is 1. The number of likely N-dealkylation sites (N-methyl/N-ethyl adjacent to an activating group) is 1. The number of methoxy groups -OCH3 is 2. The number of hydrogen-bond donors (Lipinski definition) is 2. The van der Waals surface area contributed by atoms with Crippen molar-refractivity contribution < 1.29 is 14.6 Å². The molecule has 1 rings (SSSR count). The van der Waals surface area contributed by atoms with Crippen LogP contribution in [0, 0.1) is 0 Å². The van der Waals surface area contributed by atoms with E-state index < -0.39 is 6.10 Å². The highest BCUT2D eigenvalue weighted by Crippen LogP contribution is 2.24. The van der Waals surface area contributed by atoms with Crippen molar-refractivity contribution in [1.29, 1.82) is 0 Å². The Morgan fingerprint density at radius 1 is 1.33 bits per heavy atom. The van der Waals surface area contributed by atoms with Crippen LogP contribution in [0.1, 0.15) is 5.56 Å². The Balaban J connectivity index is 2.71. The third-order valence-electron chi connectivity index (χ3n) is 3.10. The van der Waals surface area contributed by atoms with E-state index in [1.165, 1.54) is 0 Å². The van der Waals surface area contributed by atoms with E-state index in [4.69, 9.17) is 21.1 Å². The molecule has 0 heterocycles. The second-order valence-electron chi connectivity index (χ2n) is 4.93. The van der Waals surface area contributed by atoms with Crippen molar-refractivity contribution in [2.45, 2.75) is 12.6 Å². The monoisotopic (exact) mass is 316 g/mol. The lowest BCUT2D eigenvalue weighted by molar-refractivity contribution is 0.0695. The van der Waals surface area contributed by atoms with Crippen LogP contribution in [-0.4, -0.2) is 58.8 Å². The molecule has 5 nitrogen and oxygen atoms in total. The Morgan fingerprint density at radius 2 is 2.10 bits per heavy atom. The SMILES string of the molecule is COCCNCc1ccc(Cl)cc1N(C)CC(O)COC. The molecule has 0 aromatic heterocycles. The van der Waals surface area contributed by atoms with E-state index in [0.29, 0.717) is 24.8 Å². The zero-order valence-corrected chi connectivity index (χ0v) is 13.7. The number of benzene rings is 1. The third kappa shape index (κ3) is 6.63. The van der Waals surface area contributed by atoms with Gasteiger partial charge in [0.05, 0.1) is 19.3 Å². The van der Waals surface area contributed by atoms with Gasteiger partial charge in [0, 0.05) is 51.6 Å². The Hall–Kier alpha value is -0.850. The normalized spacial score (nSPS) is 12.4. The topological polar surface area (TPSA) is 54.0 Å². The highest BCUT2D eigenvalue weighted by atomic mass is 35.5. The number of nitrogens with one attached hydrogen (secondary N) is 1. The van der Waals surface area contributed by atoms with Gasteiger partial charge in [-0.05, 0) is 17.7 Å². The fourth-order valence-electron chi connectivity index (χ4n) is 2.10. The van der Waals surface area contributed by atoms with Crippen LogP contribution in [0.2, 0.25) is 5.02 Å². The lowest BCUT2D eigenvalue weighted by Crippen LogP contribution is -2.33. The third-order valence-corrected chi connectivity index (χ3v) is 3.34. The molecule has 6 heteroatoms. The van der Waals surface area contributed by atoms with Crippen LogP contribution in [0.3, 0.4) is 0 Å². The average Bonchev–Trinajstić information content (AvgIpc) is 2.45. The maximum atomic E-state index is 9.86. The van der Waals surface area contributed by atoms with E-state index in [1.54, 1.807) is 14.2 Å². The van der Waals surface area contributed by atoms with Crippen LogP contribution in [-0.2, 0) is 16.0 Å². The molecular weight excluding hydrogens is 292 g/mol. The predicted octanol–water partition coefficient (Wildman–Crippen LogP) is 1.52. The van der Waals surface area contributed by atoms with Gasteiger partial charge in [-0.3, -0.25) is 0 Å². The van der Waals surface area contributed by atoms with Crippen LogP contribution in [0.25, 0.3) is 0 Å². The number of nitrogens with zero attached hydrogens (tertiary/aromatic N) is 1. The lowest BCUT2D eigenvalue weighted by Gasteiger charge is -2.25. The van der Waals surface area contributed by atoms with Crippen molar-refractivity contribution >= 4 is 17.3 Å². The molecule has 21 heavy (non-hydrogen) atoms. The first-order valence-corrected chi connectivity index (χ1v) is 7.32. The standard InChI is InChI=1S/C15H25ClN2O3/c1-18(10-14(19)11-21-3)15-8-13(16)5-4-12(15)9-17-6-7-20-2/h4-5,8,14,17,19H,6-7,9-11H2,1-3H3. The van der Waals surface area contributed by atoms with Crippen LogP contribution in [0.5, 0.6) is 0 Å². The van der Waals surface area contributed by atoms with E-state index in [1.807, 2.05) is 30.1 Å². The van der Waals surface area contributed by atoms with Gasteiger partial charge in [0.25, 0.3) is 0 Å². The minimum absolute atomic E-state index is 0.312. The molecule has 1 unspecified atom stereocenters. The molecule has 0 aliphatic rings. The molecule has 0 fully saturated rings. The van der Waals surface area contributed by atoms with Gasteiger partial charge in [-0.2, -0.15) is 0 Å². The first kappa shape index (κ1) is 18.2. The molecule has 0 aliphatic carbocycles. The lowest BCUT2D eigenvalue weighted by atomic mass is 10.1. The van der Waals surface area contributed by atoms with Crippen LogP contribution >= 0.6 is 11.6 Å². The predicted molar refractivity (Wildman–Crippen MR) is 86.2 cm³/mol. The van der Waals surface area contributed by atoms with Gasteiger partial charge < -0.3 is 24.8 Å². The van der Waals surface area contributed by atoms with E-state index in [9.17, 15) is 5.11 Å². The summed E-state index contributed by atoms with van der Waals surface area (Å²) in [5, 5.41) is 13.8. The molecule has 0 bridgehead atoms. The molecule has 0 radical (unpaired) electrons. The molecule has 0 spiro atoms. The smallest absolute Gasteiger partial charge is 0.0947 e. The summed E-state index contributed by atoms with van der Waals surface area (Å²) in [6, 6.07) is 5.78. The van der Waals surface area contributed by atoms with Gasteiger partial charge in [0.2, 0.25) is 0 Å². The van der Waals surface area contributed by atoms with E-state index in [2.05, 4.69) is 5.32 Å². The molecule has 1 atom stereocenters. The van der Waals surface area contributed by atoms with Crippen molar-refractivity contribution in [3.05, 3.63) is 28.8 Å². The summed E-state index contributed by atoms with van der Waals surface area (Å²) in [6.45, 7) is 2.98. The minimum Gasteiger partial charge on any atom is -0.389 e. The number of ether oxygens (including phenoxy) is 2. The summed E-state index contributed by atoms with van der Waals surface area (Å²) in [5.74, 6) is 0. The Kier molecular flexibility index (Phi) is 8.64. The minimum atomic E-state index is -0.534. The highest BCUT2D eigenvalue weighted by Gasteiger charge is 2.12. The number of hydrogen-bond acceptors (Lipinski definition) is 5. The maximum Gasteiger partial charge on any atom is 0.0947 e. The van der Waals surface area contributed by atoms with Crippen LogP contribution in [0.15, 0.2) is 18.2 Å². The zero-order chi connectivity index (χ0) is 15.7. The van der Waals surface area contributed by atoms with Gasteiger partial charge in [0.15, 0.2) is 0 Å². The summed E-state index contributed by atoms with van der Waals surface area (Å²) >= 11 is 6.09. The van der Waals surface area contributed by atoms with Crippen molar-refractivity contribution in [3.63, 3.8) is 0 Å². The molecule has 120 valence electrons. The number of aliphatic hydroxyl groups excluding tert-OH is 1. The summed E-state index contributed by atoms with van der Waals surface area (Å²) in [6.07, 6.45) is -0.534. The molecule has 1 aromatic carbocycles. The maximum absolute atomic E-state index is 9.86. The van der Waals surface area contributed by atoms with Gasteiger partial charge in [-0.1, -0.05) is 17.7 Å². The molecular formula is C15H25ClN2O3. The second-order valence-corrected chi connectivity index (χ2v) is 5.37. The first-order valence-electron chi connectivity index (χ1n) is 6.94. The number of anilines is 1. The largest absolute Gasteiger partial charge is 0.389 e. The first-order chi connectivity index (χ1) is 10.1. The second kappa shape index (κ2) is 9.97. The molecule has 0 aliphatic heterocycles. The van der Waals surface area contributed by atoms with Gasteiger partial charge in [0.1, 0.15) is 0 Å². The molecule has 1 aromatic rings. The van der Waals surface area contributed by atoms with Crippen molar-refractivity contribution in [3.8, 4) is 0 Å². The van der Waals surface area contributed by atoms with Crippen LogP contribution < -0.4 is 10.2 Å². The van der Waals surface area contributed by atoms with Gasteiger partial charge in [-0.25, -0.2) is 0 Å². The van der Waals surface area contributed by atoms with Crippen molar-refractivity contribution in [2.24, 2.45) is 0 Å². The number of aliphatic hydroxyl groups is 1. The Labute approximate surface area is 131 Å². The zero-order valence-electron chi connectivity index (χ0n) is 12.9. The van der Waals surface area contributed by atoms with E-state index in [-0.39, 0.29) is 0 Å². The molecule has 0 saturated heterocycles. The Morgan fingerprint density at radius 3 is 2.76 bits per heavy atom. The van der Waals surface area contributed by atoms with Gasteiger partial charge >= 0.3 is 0 Å². The summed E-state index contributed by atoms with van der Waals surface area (Å²) in [5.41, 5.74) is 2.13. The average molecular weight is 317 g/mol. The molecule has 0 amide bonds. The van der Waals surface area contributed by atoms with Gasteiger partial charge in [-0.15, -0.1) is 0 Å². The molecule has 2 N–H and O–H groups in total. The van der Waals surface area contributed by atoms with E-state index in [0.717, 1.165) is 24.3 Å². The van der Waals surface area contributed by atoms with Crippen LogP contribution in [0.4, 0.5) is 5.69 Å². The Bertz CT molecular complexity index is 418. The quantitative estimate of drug-likeness (QED) is 0.641. The number of rotatable bonds is 10. The summed E-state index contributed by atoms with van der Waals surface area (Å²) in [7, 11) is 5.19. The highest BCUT2D eigenvalue weighted by molar-refractivity contribution is 6.30. The van der Waals surface area contributed by atoms with Crippen molar-refractivity contribution in [1.82, 2.24) is 5.32 Å². The summed E-state index contributed by atoms with van der Waals surface area (Å²) < 4.78 is 9.97. The van der Waals surface area contributed by atoms with Crippen molar-refractivity contribution in [2.75, 3.05) is 52.5 Å².